The highest BCUT2D eigenvalue weighted by molar-refractivity contribution is 6.29. The van der Waals surface area contributed by atoms with Gasteiger partial charge in [-0.3, -0.25) is 9.78 Å². The second-order valence-electron chi connectivity index (χ2n) is 7.25. The number of alkyl halides is 3. The minimum absolute atomic E-state index is 0.0357. The van der Waals surface area contributed by atoms with Gasteiger partial charge in [-0.05, 0) is 23.6 Å². The molecule has 160 valence electrons. The zero-order valence-corrected chi connectivity index (χ0v) is 17.3. The van der Waals surface area contributed by atoms with Crippen LogP contribution in [0.2, 0.25) is 5.15 Å². The lowest BCUT2D eigenvalue weighted by Crippen LogP contribution is -2.19. The van der Waals surface area contributed by atoms with Crippen LogP contribution in [0.5, 0.6) is 0 Å². The molecule has 10 heteroatoms. The first kappa shape index (κ1) is 22.2. The molecule has 0 unspecified atom stereocenters. The van der Waals surface area contributed by atoms with Gasteiger partial charge in [0, 0.05) is 44.0 Å². The van der Waals surface area contributed by atoms with Crippen molar-refractivity contribution in [3.63, 3.8) is 0 Å². The minimum atomic E-state index is -4.57. The molecule has 0 fully saturated rings. The van der Waals surface area contributed by atoms with E-state index in [1.807, 2.05) is 13.8 Å². The molecule has 1 atom stereocenters. The summed E-state index contributed by atoms with van der Waals surface area (Å²) in [4.78, 5) is 20.3. The monoisotopic (exact) mass is 440 g/mol. The lowest BCUT2D eigenvalue weighted by molar-refractivity contribution is -0.141. The molecule has 0 N–H and O–H groups in total. The van der Waals surface area contributed by atoms with E-state index in [0.717, 1.165) is 12.3 Å². The first-order chi connectivity index (χ1) is 14.1. The fraction of sp³-hybridized carbons (Fsp3) is 0.400. The van der Waals surface area contributed by atoms with Crippen LogP contribution in [0, 0.1) is 5.92 Å². The van der Waals surface area contributed by atoms with Crippen LogP contribution in [0.25, 0.3) is 5.65 Å². The molecule has 3 aromatic rings. The lowest BCUT2D eigenvalue weighted by atomic mass is 9.96. The maximum Gasteiger partial charge on any atom is 0.433 e. The molecule has 30 heavy (non-hydrogen) atoms. The van der Waals surface area contributed by atoms with Gasteiger partial charge in [-0.25, -0.2) is 9.50 Å². The molecule has 0 amide bonds. The summed E-state index contributed by atoms with van der Waals surface area (Å²) >= 11 is 6.02. The number of nitrogens with zero attached hydrogens (tertiary/aromatic N) is 4. The number of aromatic nitrogens is 4. The van der Waals surface area contributed by atoms with Crippen LogP contribution in [0.4, 0.5) is 13.2 Å². The van der Waals surface area contributed by atoms with Gasteiger partial charge >= 0.3 is 6.18 Å². The van der Waals surface area contributed by atoms with Crippen molar-refractivity contribution in [1.82, 2.24) is 19.6 Å². The van der Waals surface area contributed by atoms with Crippen molar-refractivity contribution >= 4 is 23.0 Å². The summed E-state index contributed by atoms with van der Waals surface area (Å²) in [7, 11) is 1.56. The summed E-state index contributed by atoms with van der Waals surface area (Å²) in [6.07, 6.45) is -2.54. The molecular weight excluding hydrogens is 421 g/mol. The van der Waals surface area contributed by atoms with Crippen molar-refractivity contribution in [2.75, 3.05) is 7.11 Å². The number of fused-ring (bicyclic) bond motifs is 1. The molecule has 3 aromatic heterocycles. The molecule has 0 spiro atoms. The lowest BCUT2D eigenvalue weighted by Gasteiger charge is -2.23. The Morgan fingerprint density at radius 2 is 1.97 bits per heavy atom. The predicted molar refractivity (Wildman–Crippen MR) is 104 cm³/mol. The highest BCUT2D eigenvalue weighted by Crippen LogP contribution is 2.30. The van der Waals surface area contributed by atoms with E-state index in [1.165, 1.54) is 6.07 Å². The Hall–Kier alpha value is -2.52. The molecule has 0 saturated heterocycles. The van der Waals surface area contributed by atoms with Gasteiger partial charge in [0.25, 0.3) is 0 Å². The van der Waals surface area contributed by atoms with E-state index >= 15 is 0 Å². The smallest absolute Gasteiger partial charge is 0.375 e. The van der Waals surface area contributed by atoms with E-state index in [0.29, 0.717) is 16.9 Å². The molecule has 0 saturated carbocycles. The van der Waals surface area contributed by atoms with Gasteiger partial charge in [0.15, 0.2) is 10.8 Å². The largest absolute Gasteiger partial charge is 0.433 e. The number of carbonyl (C=O) groups is 1. The number of halogens is 4. The molecule has 3 heterocycles. The van der Waals surface area contributed by atoms with Crippen LogP contribution in [-0.4, -0.2) is 32.5 Å². The van der Waals surface area contributed by atoms with Crippen LogP contribution in [0.15, 0.2) is 30.6 Å². The molecule has 0 aliphatic heterocycles. The van der Waals surface area contributed by atoms with E-state index in [2.05, 4.69) is 15.1 Å². The Morgan fingerprint density at radius 3 is 2.60 bits per heavy atom. The number of pyridine rings is 1. The quantitative estimate of drug-likeness (QED) is 0.541. The third-order valence-electron chi connectivity index (χ3n) is 4.60. The minimum Gasteiger partial charge on any atom is -0.375 e. The maximum absolute atomic E-state index is 12.9. The molecule has 3 rings (SSSR count). The van der Waals surface area contributed by atoms with Gasteiger partial charge in [-0.15, -0.1) is 0 Å². The van der Waals surface area contributed by atoms with Gasteiger partial charge in [-0.2, -0.15) is 18.3 Å². The Morgan fingerprint density at radius 1 is 1.23 bits per heavy atom. The van der Waals surface area contributed by atoms with Crippen molar-refractivity contribution in [3.05, 3.63) is 58.3 Å². The predicted octanol–water partition coefficient (Wildman–Crippen LogP) is 4.49. The van der Waals surface area contributed by atoms with Crippen molar-refractivity contribution in [2.24, 2.45) is 5.92 Å². The number of carbonyl (C=O) groups excluding carboxylic acids is 1. The third-order valence-corrected chi connectivity index (χ3v) is 4.79. The third kappa shape index (κ3) is 4.79. The normalized spacial score (nSPS) is 13.2. The fourth-order valence-corrected chi connectivity index (χ4v) is 3.51. The Balaban J connectivity index is 1.92. The fourth-order valence-electron chi connectivity index (χ4n) is 3.34. The average molecular weight is 441 g/mol. The van der Waals surface area contributed by atoms with Crippen LogP contribution >= 0.6 is 11.6 Å². The van der Waals surface area contributed by atoms with Crippen molar-refractivity contribution in [1.29, 1.82) is 0 Å². The second kappa shape index (κ2) is 8.69. The van der Waals surface area contributed by atoms with Crippen LogP contribution in [0.3, 0.4) is 0 Å². The SMILES string of the molecule is CO[C@@H](c1c(CC(=O)Cc2ccnc(C(F)(F)F)c2)cnc2cc(Cl)nn12)C(C)C. The number of hydrogen-bond acceptors (Lipinski definition) is 5. The number of rotatable bonds is 7. The molecule has 6 nitrogen and oxygen atoms in total. The van der Waals surface area contributed by atoms with E-state index < -0.39 is 11.9 Å². The molecule has 0 aromatic carbocycles. The van der Waals surface area contributed by atoms with Gasteiger partial charge in [-0.1, -0.05) is 25.4 Å². The molecule has 0 radical (unpaired) electrons. The summed E-state index contributed by atoms with van der Waals surface area (Å²) in [6, 6.07) is 3.88. The topological polar surface area (TPSA) is 69.4 Å². The molecule has 0 bridgehead atoms. The highest BCUT2D eigenvalue weighted by Gasteiger charge is 2.32. The van der Waals surface area contributed by atoms with Crippen LogP contribution in [-0.2, 0) is 28.5 Å². The van der Waals surface area contributed by atoms with Gasteiger partial charge in [0.1, 0.15) is 17.6 Å². The number of ketones is 1. The Kier molecular flexibility index (Phi) is 6.42. The standard InChI is InChI=1S/C20H20ClF3N4O2/c1-11(2)19(30-3)18-13(10-26-17-9-16(21)27-28(17)18)8-14(29)6-12-4-5-25-15(7-12)20(22,23)24/h4-5,7,9-11,19H,6,8H2,1-3H3/t19-/m1/s1. The Labute approximate surface area is 176 Å². The summed E-state index contributed by atoms with van der Waals surface area (Å²) < 4.78 is 45.8. The molecule has 0 aliphatic rings. The van der Waals surface area contributed by atoms with E-state index in [4.69, 9.17) is 16.3 Å². The number of Topliss-reactive ketones (excluding diaryl/α,β-unsaturated/α-hetero) is 1. The van der Waals surface area contributed by atoms with Crippen LogP contribution < -0.4 is 0 Å². The number of hydrogen-bond donors (Lipinski definition) is 0. The van der Waals surface area contributed by atoms with E-state index in [9.17, 15) is 18.0 Å². The van der Waals surface area contributed by atoms with Crippen LogP contribution in [0.1, 0.15) is 42.5 Å². The van der Waals surface area contributed by atoms with Crippen molar-refractivity contribution in [2.45, 2.75) is 39.0 Å². The summed E-state index contributed by atoms with van der Waals surface area (Å²) in [5.74, 6) is -0.208. The average Bonchev–Trinajstić information content (AvgIpc) is 3.03. The maximum atomic E-state index is 12.9. The zero-order valence-electron chi connectivity index (χ0n) is 16.6. The first-order valence-electron chi connectivity index (χ1n) is 9.19. The van der Waals surface area contributed by atoms with Gasteiger partial charge < -0.3 is 4.74 Å². The first-order valence-corrected chi connectivity index (χ1v) is 9.57. The highest BCUT2D eigenvalue weighted by atomic mass is 35.5. The van der Waals surface area contributed by atoms with Crippen molar-refractivity contribution < 1.29 is 22.7 Å². The summed E-state index contributed by atoms with van der Waals surface area (Å²) in [5, 5.41) is 4.50. The van der Waals surface area contributed by atoms with Gasteiger partial charge in [0.05, 0.1) is 5.69 Å². The molecule has 0 aliphatic carbocycles. The van der Waals surface area contributed by atoms with Crippen molar-refractivity contribution in [3.8, 4) is 0 Å². The Bertz CT molecular complexity index is 1070. The van der Waals surface area contributed by atoms with E-state index in [-0.39, 0.29) is 41.4 Å². The van der Waals surface area contributed by atoms with Gasteiger partial charge in [0.2, 0.25) is 0 Å². The van der Waals surface area contributed by atoms with E-state index in [1.54, 1.807) is 23.9 Å². The number of ether oxygens (including phenoxy) is 1. The zero-order chi connectivity index (χ0) is 22.1. The summed E-state index contributed by atoms with van der Waals surface area (Å²) in [5.41, 5.74) is 0.952. The second-order valence-corrected chi connectivity index (χ2v) is 7.63. The number of methoxy groups -OCH3 is 1. The summed E-state index contributed by atoms with van der Waals surface area (Å²) in [6.45, 7) is 3.93. The molecular formula is C20H20ClF3N4O2.